The SMILES string of the molecule is Cc1cccc(CNC(=O)c2ccccc2SCc2cscn2)c1. The van der Waals surface area contributed by atoms with E-state index in [1.165, 1.54) is 5.56 Å². The van der Waals surface area contributed by atoms with E-state index in [1.807, 2.05) is 47.3 Å². The second-order valence-electron chi connectivity index (χ2n) is 5.44. The molecule has 0 aliphatic heterocycles. The van der Waals surface area contributed by atoms with Gasteiger partial charge >= 0.3 is 0 Å². The molecule has 0 fully saturated rings. The molecular weight excluding hydrogens is 336 g/mol. The average molecular weight is 355 g/mol. The number of rotatable bonds is 6. The van der Waals surface area contributed by atoms with Crippen molar-refractivity contribution < 1.29 is 4.79 Å². The first kappa shape index (κ1) is 16.7. The topological polar surface area (TPSA) is 42.0 Å². The number of nitrogens with one attached hydrogen (secondary N) is 1. The first-order chi connectivity index (χ1) is 11.7. The molecule has 1 N–H and O–H groups in total. The van der Waals surface area contributed by atoms with Crippen LogP contribution in [0.1, 0.15) is 27.2 Å². The Balaban J connectivity index is 1.65. The maximum atomic E-state index is 12.5. The normalized spacial score (nSPS) is 10.5. The molecule has 24 heavy (non-hydrogen) atoms. The van der Waals surface area contributed by atoms with Gasteiger partial charge in [0.2, 0.25) is 0 Å². The maximum absolute atomic E-state index is 12.5. The molecule has 3 aromatic rings. The molecule has 0 aliphatic rings. The Morgan fingerprint density at radius 1 is 1.21 bits per heavy atom. The lowest BCUT2D eigenvalue weighted by atomic mass is 10.1. The van der Waals surface area contributed by atoms with Crippen LogP contribution in [0.5, 0.6) is 0 Å². The van der Waals surface area contributed by atoms with E-state index in [-0.39, 0.29) is 5.91 Å². The summed E-state index contributed by atoms with van der Waals surface area (Å²) in [4.78, 5) is 17.8. The Kier molecular flexibility index (Phi) is 5.67. The number of benzene rings is 2. The molecule has 1 amide bonds. The lowest BCUT2D eigenvalue weighted by molar-refractivity contribution is 0.0948. The van der Waals surface area contributed by atoms with Gasteiger partial charge in [0.1, 0.15) is 0 Å². The minimum absolute atomic E-state index is 0.0436. The summed E-state index contributed by atoms with van der Waals surface area (Å²) in [6.45, 7) is 2.58. The highest BCUT2D eigenvalue weighted by Gasteiger charge is 2.11. The maximum Gasteiger partial charge on any atom is 0.252 e. The van der Waals surface area contributed by atoms with Crippen LogP contribution in [0.25, 0.3) is 0 Å². The quantitative estimate of drug-likeness (QED) is 0.654. The third-order valence-electron chi connectivity index (χ3n) is 3.53. The number of thiazole rings is 1. The van der Waals surface area contributed by atoms with Crippen molar-refractivity contribution in [1.29, 1.82) is 0 Å². The van der Waals surface area contributed by atoms with Crippen molar-refractivity contribution in [3.8, 4) is 0 Å². The number of aromatic nitrogens is 1. The molecule has 0 radical (unpaired) electrons. The van der Waals surface area contributed by atoms with Gasteiger partial charge in [0, 0.05) is 22.6 Å². The summed E-state index contributed by atoms with van der Waals surface area (Å²) in [5.74, 6) is 0.726. The van der Waals surface area contributed by atoms with Crippen LogP contribution in [0.15, 0.2) is 64.3 Å². The number of amides is 1. The van der Waals surface area contributed by atoms with Gasteiger partial charge in [0.25, 0.3) is 5.91 Å². The molecule has 0 spiro atoms. The Morgan fingerprint density at radius 3 is 2.88 bits per heavy atom. The molecule has 2 aromatic carbocycles. The Bertz CT molecular complexity index is 816. The first-order valence-electron chi connectivity index (χ1n) is 7.65. The van der Waals surface area contributed by atoms with Gasteiger partial charge in [-0.15, -0.1) is 23.1 Å². The molecule has 122 valence electrons. The number of nitrogens with zero attached hydrogens (tertiary/aromatic N) is 1. The van der Waals surface area contributed by atoms with E-state index in [2.05, 4.69) is 29.4 Å². The summed E-state index contributed by atoms with van der Waals surface area (Å²) in [6.07, 6.45) is 0. The number of thioether (sulfide) groups is 1. The molecule has 1 heterocycles. The van der Waals surface area contributed by atoms with E-state index in [0.717, 1.165) is 21.9 Å². The second kappa shape index (κ2) is 8.13. The summed E-state index contributed by atoms with van der Waals surface area (Å²) in [5.41, 5.74) is 5.89. The number of carbonyl (C=O) groups excluding carboxylic acids is 1. The minimum Gasteiger partial charge on any atom is -0.348 e. The van der Waals surface area contributed by atoms with Crippen molar-refractivity contribution in [3.05, 3.63) is 81.8 Å². The summed E-state index contributed by atoms with van der Waals surface area (Å²) in [6, 6.07) is 15.9. The summed E-state index contributed by atoms with van der Waals surface area (Å²) >= 11 is 3.23. The van der Waals surface area contributed by atoms with Gasteiger partial charge in [0.05, 0.1) is 16.8 Å². The zero-order valence-electron chi connectivity index (χ0n) is 13.4. The molecule has 1 aromatic heterocycles. The Labute approximate surface area is 150 Å². The van der Waals surface area contributed by atoms with Crippen LogP contribution in [-0.4, -0.2) is 10.9 Å². The fourth-order valence-electron chi connectivity index (χ4n) is 2.34. The molecule has 3 rings (SSSR count). The van der Waals surface area contributed by atoms with Crippen molar-refractivity contribution in [2.45, 2.75) is 24.1 Å². The summed E-state index contributed by atoms with van der Waals surface area (Å²) in [5, 5.41) is 5.05. The molecule has 0 bridgehead atoms. The largest absolute Gasteiger partial charge is 0.348 e. The molecular formula is C19H18N2OS2. The van der Waals surface area contributed by atoms with E-state index in [1.54, 1.807) is 23.1 Å². The minimum atomic E-state index is -0.0436. The fraction of sp³-hybridized carbons (Fsp3) is 0.158. The molecule has 0 saturated heterocycles. The smallest absolute Gasteiger partial charge is 0.252 e. The molecule has 0 aliphatic carbocycles. The summed E-state index contributed by atoms with van der Waals surface area (Å²) in [7, 11) is 0. The summed E-state index contributed by atoms with van der Waals surface area (Å²) < 4.78 is 0. The van der Waals surface area contributed by atoms with Gasteiger partial charge in [0.15, 0.2) is 0 Å². The standard InChI is InChI=1S/C19H18N2OS2/c1-14-5-4-6-15(9-14)10-20-19(22)17-7-2-3-8-18(17)24-12-16-11-23-13-21-16/h2-9,11,13H,10,12H2,1H3,(H,20,22). The van der Waals surface area contributed by atoms with E-state index in [9.17, 15) is 4.79 Å². The van der Waals surface area contributed by atoms with Crippen LogP contribution < -0.4 is 5.32 Å². The lowest BCUT2D eigenvalue weighted by Gasteiger charge is -2.10. The van der Waals surface area contributed by atoms with Crippen LogP contribution in [0.2, 0.25) is 0 Å². The van der Waals surface area contributed by atoms with Crippen molar-refractivity contribution in [2.24, 2.45) is 0 Å². The monoisotopic (exact) mass is 354 g/mol. The molecule has 0 unspecified atom stereocenters. The molecule has 5 heteroatoms. The fourth-order valence-corrected chi connectivity index (χ4v) is 3.96. The third-order valence-corrected chi connectivity index (χ3v) is 5.27. The van der Waals surface area contributed by atoms with Crippen molar-refractivity contribution in [1.82, 2.24) is 10.3 Å². The van der Waals surface area contributed by atoms with E-state index >= 15 is 0 Å². The molecule has 0 atom stereocenters. The predicted octanol–water partition coefficient (Wildman–Crippen LogP) is 4.67. The molecule has 3 nitrogen and oxygen atoms in total. The van der Waals surface area contributed by atoms with Crippen molar-refractivity contribution >= 4 is 29.0 Å². The Morgan fingerprint density at radius 2 is 2.08 bits per heavy atom. The number of hydrogen-bond donors (Lipinski definition) is 1. The van der Waals surface area contributed by atoms with Crippen molar-refractivity contribution in [3.63, 3.8) is 0 Å². The third kappa shape index (κ3) is 4.46. The highest BCUT2D eigenvalue weighted by Crippen LogP contribution is 2.26. The van der Waals surface area contributed by atoms with E-state index in [0.29, 0.717) is 12.1 Å². The van der Waals surface area contributed by atoms with Gasteiger partial charge in [-0.25, -0.2) is 4.98 Å². The zero-order valence-corrected chi connectivity index (χ0v) is 15.0. The first-order valence-corrected chi connectivity index (χ1v) is 9.58. The van der Waals surface area contributed by atoms with Gasteiger partial charge in [-0.05, 0) is 24.6 Å². The number of carbonyl (C=O) groups is 1. The number of hydrogen-bond acceptors (Lipinski definition) is 4. The highest BCUT2D eigenvalue weighted by molar-refractivity contribution is 7.98. The number of aryl methyl sites for hydroxylation is 1. The lowest BCUT2D eigenvalue weighted by Crippen LogP contribution is -2.23. The van der Waals surface area contributed by atoms with Crippen LogP contribution in [0, 0.1) is 6.92 Å². The van der Waals surface area contributed by atoms with E-state index < -0.39 is 0 Å². The molecule has 0 saturated carbocycles. The van der Waals surface area contributed by atoms with Crippen LogP contribution in [0.4, 0.5) is 0 Å². The highest BCUT2D eigenvalue weighted by atomic mass is 32.2. The average Bonchev–Trinajstić information content (AvgIpc) is 3.12. The van der Waals surface area contributed by atoms with Gasteiger partial charge in [-0.2, -0.15) is 0 Å². The van der Waals surface area contributed by atoms with Gasteiger partial charge < -0.3 is 5.32 Å². The van der Waals surface area contributed by atoms with Crippen molar-refractivity contribution in [2.75, 3.05) is 0 Å². The van der Waals surface area contributed by atoms with Gasteiger partial charge in [-0.3, -0.25) is 4.79 Å². The predicted molar refractivity (Wildman–Crippen MR) is 100 cm³/mol. The van der Waals surface area contributed by atoms with Crippen LogP contribution >= 0.6 is 23.1 Å². The van der Waals surface area contributed by atoms with Crippen LogP contribution in [0.3, 0.4) is 0 Å². The van der Waals surface area contributed by atoms with E-state index in [4.69, 9.17) is 0 Å². The van der Waals surface area contributed by atoms with Gasteiger partial charge in [-0.1, -0.05) is 42.0 Å². The zero-order chi connectivity index (χ0) is 16.8. The Hall–Kier alpha value is -2.11. The van der Waals surface area contributed by atoms with Crippen LogP contribution in [-0.2, 0) is 12.3 Å². The second-order valence-corrected chi connectivity index (χ2v) is 7.17.